The molecule has 0 radical (unpaired) electrons. The Kier molecular flexibility index (Phi) is 5.30. The highest BCUT2D eigenvalue weighted by Crippen LogP contribution is 2.31. The quantitative estimate of drug-likeness (QED) is 0.626. The summed E-state index contributed by atoms with van der Waals surface area (Å²) in [5.74, 6) is -0.297. The summed E-state index contributed by atoms with van der Waals surface area (Å²) in [6, 6.07) is 16.8. The Hall–Kier alpha value is -3.78. The average molecular weight is 444 g/mol. The molecule has 4 amide bonds. The van der Waals surface area contributed by atoms with E-state index < -0.39 is 11.6 Å². The second kappa shape index (κ2) is 8.29. The number of carbonyl (C=O) groups excluding carboxylic acids is 3. The minimum Gasteiger partial charge on any atom is -0.336 e. The molecular weight excluding hydrogens is 418 g/mol. The van der Waals surface area contributed by atoms with Gasteiger partial charge in [0.15, 0.2) is 0 Å². The zero-order valence-electron chi connectivity index (χ0n) is 18.4. The minimum atomic E-state index is -1.11. The summed E-state index contributed by atoms with van der Waals surface area (Å²) in [5, 5.41) is 4.99. The largest absolute Gasteiger partial charge is 0.336 e. The van der Waals surface area contributed by atoms with E-state index in [9.17, 15) is 14.4 Å². The number of nitrogens with one attached hydrogen (secondary N) is 1. The van der Waals surface area contributed by atoms with Gasteiger partial charge in [-0.1, -0.05) is 36.4 Å². The smallest absolute Gasteiger partial charge is 0.326 e. The third-order valence-corrected chi connectivity index (χ3v) is 6.53. The maximum absolute atomic E-state index is 13.4. The Morgan fingerprint density at radius 1 is 0.970 bits per heavy atom. The van der Waals surface area contributed by atoms with Crippen molar-refractivity contribution in [3.8, 4) is 0 Å². The molecule has 2 fully saturated rings. The number of piperazine rings is 1. The Bertz CT molecular complexity index is 1220. The van der Waals surface area contributed by atoms with E-state index in [0.29, 0.717) is 31.7 Å². The van der Waals surface area contributed by atoms with Crippen LogP contribution in [0.15, 0.2) is 67.0 Å². The van der Waals surface area contributed by atoms with Crippen molar-refractivity contribution in [1.82, 2.24) is 25.0 Å². The molecule has 2 aliphatic rings. The number of pyridine rings is 1. The van der Waals surface area contributed by atoms with Crippen LogP contribution in [0, 0.1) is 0 Å². The van der Waals surface area contributed by atoms with Crippen molar-refractivity contribution in [2.24, 2.45) is 0 Å². The van der Waals surface area contributed by atoms with Gasteiger partial charge in [0.1, 0.15) is 5.54 Å². The molecule has 8 nitrogen and oxygen atoms in total. The predicted octanol–water partition coefficient (Wildman–Crippen LogP) is 2.42. The van der Waals surface area contributed by atoms with Gasteiger partial charge in [-0.15, -0.1) is 0 Å². The number of imide groups is 1. The summed E-state index contributed by atoms with van der Waals surface area (Å²) in [4.78, 5) is 47.8. The van der Waals surface area contributed by atoms with E-state index in [-0.39, 0.29) is 18.5 Å². The van der Waals surface area contributed by atoms with Crippen molar-refractivity contribution in [2.45, 2.75) is 12.5 Å². The lowest BCUT2D eigenvalue weighted by atomic mass is 9.90. The summed E-state index contributed by atoms with van der Waals surface area (Å²) in [6.45, 7) is 4.19. The van der Waals surface area contributed by atoms with Crippen LogP contribution in [-0.4, -0.2) is 70.4 Å². The third-order valence-electron chi connectivity index (χ3n) is 6.53. The molecule has 5 rings (SSSR count). The van der Waals surface area contributed by atoms with Crippen LogP contribution in [0.25, 0.3) is 10.8 Å². The van der Waals surface area contributed by atoms with Crippen LogP contribution in [0.5, 0.6) is 0 Å². The molecule has 0 bridgehead atoms. The van der Waals surface area contributed by atoms with Crippen LogP contribution in [-0.2, 0) is 10.3 Å². The van der Waals surface area contributed by atoms with Crippen molar-refractivity contribution >= 4 is 28.6 Å². The fourth-order valence-corrected chi connectivity index (χ4v) is 4.49. The van der Waals surface area contributed by atoms with E-state index in [0.717, 1.165) is 16.3 Å². The van der Waals surface area contributed by atoms with E-state index in [4.69, 9.17) is 0 Å². The fraction of sp³-hybridized carbons (Fsp3) is 0.280. The SMILES string of the molecule is CC1(c2ccc3ccccc3c2)NC(=O)N(CN2CCN(C(=O)c3ccncc3)CC2)C1=O. The van der Waals surface area contributed by atoms with Gasteiger partial charge in [0.05, 0.1) is 6.67 Å². The minimum absolute atomic E-state index is 0.0316. The molecule has 2 aromatic carbocycles. The summed E-state index contributed by atoms with van der Waals surface area (Å²) >= 11 is 0. The summed E-state index contributed by atoms with van der Waals surface area (Å²) in [6.07, 6.45) is 3.21. The maximum atomic E-state index is 13.4. The first-order chi connectivity index (χ1) is 16.0. The molecule has 2 aliphatic heterocycles. The lowest BCUT2D eigenvalue weighted by Gasteiger charge is -2.36. The number of nitrogens with zero attached hydrogens (tertiary/aromatic N) is 4. The van der Waals surface area contributed by atoms with Crippen LogP contribution < -0.4 is 5.32 Å². The van der Waals surface area contributed by atoms with Gasteiger partial charge in [0, 0.05) is 44.1 Å². The van der Waals surface area contributed by atoms with E-state index >= 15 is 0 Å². The van der Waals surface area contributed by atoms with Gasteiger partial charge < -0.3 is 10.2 Å². The molecule has 1 atom stereocenters. The number of amides is 4. The first-order valence-corrected chi connectivity index (χ1v) is 11.0. The van der Waals surface area contributed by atoms with Gasteiger partial charge in [0.25, 0.3) is 11.8 Å². The van der Waals surface area contributed by atoms with Crippen LogP contribution in [0.4, 0.5) is 4.79 Å². The molecule has 0 spiro atoms. The topological polar surface area (TPSA) is 85.8 Å². The van der Waals surface area contributed by atoms with Crippen molar-refractivity contribution in [3.63, 3.8) is 0 Å². The van der Waals surface area contributed by atoms with Crippen LogP contribution in [0.2, 0.25) is 0 Å². The van der Waals surface area contributed by atoms with Gasteiger partial charge in [0.2, 0.25) is 0 Å². The molecule has 2 saturated heterocycles. The standard InChI is InChI=1S/C25H25N5O3/c1-25(21-7-6-18-4-2-3-5-20(18)16-21)23(32)30(24(33)27-25)17-28-12-14-29(15-13-28)22(31)19-8-10-26-11-9-19/h2-11,16H,12-15,17H2,1H3,(H,27,33). The van der Waals surface area contributed by atoms with Crippen LogP contribution in [0.3, 0.4) is 0 Å². The second-order valence-corrected chi connectivity index (χ2v) is 8.64. The van der Waals surface area contributed by atoms with Gasteiger partial charge >= 0.3 is 6.03 Å². The van der Waals surface area contributed by atoms with Crippen molar-refractivity contribution in [3.05, 3.63) is 78.1 Å². The number of rotatable bonds is 4. The van der Waals surface area contributed by atoms with E-state index in [1.165, 1.54) is 4.90 Å². The average Bonchev–Trinajstić information content (AvgIpc) is 3.08. The van der Waals surface area contributed by atoms with Gasteiger partial charge in [-0.2, -0.15) is 0 Å². The van der Waals surface area contributed by atoms with Crippen molar-refractivity contribution < 1.29 is 14.4 Å². The molecular formula is C25H25N5O3. The molecule has 1 N–H and O–H groups in total. The number of urea groups is 1. The highest BCUT2D eigenvalue weighted by atomic mass is 16.2. The molecule has 0 saturated carbocycles. The van der Waals surface area contributed by atoms with Crippen LogP contribution in [0.1, 0.15) is 22.8 Å². The summed E-state index contributed by atoms with van der Waals surface area (Å²) in [5.41, 5.74) is 0.258. The van der Waals surface area contributed by atoms with Gasteiger partial charge in [-0.3, -0.25) is 19.5 Å². The van der Waals surface area contributed by atoms with Crippen LogP contribution >= 0.6 is 0 Å². The Balaban J connectivity index is 1.26. The molecule has 0 aliphatic carbocycles. The van der Waals surface area contributed by atoms with Crippen molar-refractivity contribution in [1.29, 1.82) is 0 Å². The number of aromatic nitrogens is 1. The monoisotopic (exact) mass is 443 g/mol. The number of hydrogen-bond donors (Lipinski definition) is 1. The van der Waals surface area contributed by atoms with E-state index in [1.54, 1.807) is 36.4 Å². The molecule has 168 valence electrons. The zero-order valence-corrected chi connectivity index (χ0v) is 18.4. The Morgan fingerprint density at radius 3 is 2.39 bits per heavy atom. The molecule has 33 heavy (non-hydrogen) atoms. The molecule has 3 heterocycles. The second-order valence-electron chi connectivity index (χ2n) is 8.64. The van der Waals surface area contributed by atoms with Gasteiger partial charge in [-0.05, 0) is 41.5 Å². The maximum Gasteiger partial charge on any atom is 0.326 e. The number of benzene rings is 2. The lowest BCUT2D eigenvalue weighted by molar-refractivity contribution is -0.132. The fourth-order valence-electron chi connectivity index (χ4n) is 4.49. The first-order valence-electron chi connectivity index (χ1n) is 11.0. The highest BCUT2D eigenvalue weighted by molar-refractivity contribution is 6.07. The number of hydrogen-bond acceptors (Lipinski definition) is 5. The summed E-state index contributed by atoms with van der Waals surface area (Å²) < 4.78 is 0. The molecule has 1 aromatic heterocycles. The number of carbonyl (C=O) groups is 3. The highest BCUT2D eigenvalue weighted by Gasteiger charge is 2.49. The van der Waals surface area contributed by atoms with Gasteiger partial charge in [-0.25, -0.2) is 9.69 Å². The molecule has 3 aromatic rings. The zero-order chi connectivity index (χ0) is 23.0. The van der Waals surface area contributed by atoms with E-state index in [1.807, 2.05) is 47.4 Å². The predicted molar refractivity (Wildman–Crippen MR) is 123 cm³/mol. The summed E-state index contributed by atoms with van der Waals surface area (Å²) in [7, 11) is 0. The Labute approximate surface area is 191 Å². The molecule has 8 heteroatoms. The number of fused-ring (bicyclic) bond motifs is 1. The Morgan fingerprint density at radius 2 is 1.67 bits per heavy atom. The third kappa shape index (κ3) is 3.82. The normalized spacial score (nSPS) is 21.5. The molecule has 1 unspecified atom stereocenters. The first kappa shape index (κ1) is 21.1. The lowest BCUT2D eigenvalue weighted by Crippen LogP contribution is -2.52. The van der Waals surface area contributed by atoms with Crippen molar-refractivity contribution in [2.75, 3.05) is 32.8 Å². The van der Waals surface area contributed by atoms with E-state index in [2.05, 4.69) is 10.3 Å².